The minimum atomic E-state index is 0.194. The third-order valence-electron chi connectivity index (χ3n) is 1.89. The van der Waals surface area contributed by atoms with E-state index in [4.69, 9.17) is 22.6 Å². The quantitative estimate of drug-likeness (QED) is 0.786. The van der Waals surface area contributed by atoms with E-state index < -0.39 is 0 Å². The first kappa shape index (κ1) is 9.49. The summed E-state index contributed by atoms with van der Waals surface area (Å²) >= 11 is 5.93. The summed E-state index contributed by atoms with van der Waals surface area (Å²) in [5.74, 6) is 0.602. The lowest BCUT2D eigenvalue weighted by molar-refractivity contribution is 0.970. The molecule has 2 N–H and O–H groups in total. The minimum absolute atomic E-state index is 0.194. The molecule has 2 aromatic heterocycles. The Bertz CT molecular complexity index is 540. The summed E-state index contributed by atoms with van der Waals surface area (Å²) < 4.78 is 1.56. The maximum atomic E-state index is 8.84. The molecular weight excluding hydrogens is 214 g/mol. The van der Waals surface area contributed by atoms with Crippen molar-refractivity contribution in [2.24, 2.45) is 0 Å². The van der Waals surface area contributed by atoms with Crippen LogP contribution in [0.2, 0.25) is 5.02 Å². The fourth-order valence-electron chi connectivity index (χ4n) is 1.20. The molecule has 0 unspecified atom stereocenters. The fourth-order valence-corrected chi connectivity index (χ4v) is 1.39. The number of hydrogen-bond donors (Lipinski definition) is 1. The average molecular weight is 220 g/mol. The smallest absolute Gasteiger partial charge is 0.162 e. The zero-order valence-electron chi connectivity index (χ0n) is 7.55. The van der Waals surface area contributed by atoms with Crippen LogP contribution in [-0.2, 0) is 0 Å². The molecule has 2 heterocycles. The first-order valence-corrected chi connectivity index (χ1v) is 4.45. The summed E-state index contributed by atoms with van der Waals surface area (Å²) in [7, 11) is 0. The summed E-state index contributed by atoms with van der Waals surface area (Å²) in [5.41, 5.74) is 5.98. The standard InChI is InChI=1S/C9H6ClN5/c10-7-8(12)13-5-14-9(7)15-3-1-2-6(15)4-11/h1-3,5H,(H2,12,13,14). The molecule has 0 aliphatic carbocycles. The van der Waals surface area contributed by atoms with Gasteiger partial charge in [0.2, 0.25) is 0 Å². The van der Waals surface area contributed by atoms with Crippen LogP contribution in [0.3, 0.4) is 0 Å². The first-order valence-electron chi connectivity index (χ1n) is 4.08. The number of halogens is 1. The van der Waals surface area contributed by atoms with E-state index >= 15 is 0 Å². The summed E-state index contributed by atoms with van der Waals surface area (Å²) in [6.45, 7) is 0. The van der Waals surface area contributed by atoms with E-state index in [1.54, 1.807) is 22.9 Å². The summed E-state index contributed by atoms with van der Waals surface area (Å²) in [4.78, 5) is 7.72. The number of nitriles is 1. The molecule has 2 rings (SSSR count). The van der Waals surface area contributed by atoms with E-state index in [2.05, 4.69) is 9.97 Å². The van der Waals surface area contributed by atoms with Crippen LogP contribution < -0.4 is 5.73 Å². The molecule has 74 valence electrons. The highest BCUT2D eigenvalue weighted by Crippen LogP contribution is 2.23. The number of nitrogen functional groups attached to an aromatic ring is 1. The molecule has 6 heteroatoms. The second-order valence-electron chi connectivity index (χ2n) is 2.77. The fraction of sp³-hybridized carbons (Fsp3) is 0. The van der Waals surface area contributed by atoms with Crippen LogP contribution >= 0.6 is 11.6 Å². The zero-order valence-corrected chi connectivity index (χ0v) is 8.31. The van der Waals surface area contributed by atoms with Crippen molar-refractivity contribution in [2.75, 3.05) is 5.73 Å². The Morgan fingerprint density at radius 2 is 2.27 bits per heavy atom. The van der Waals surface area contributed by atoms with Crippen LogP contribution in [0.15, 0.2) is 24.7 Å². The lowest BCUT2D eigenvalue weighted by Crippen LogP contribution is -2.03. The van der Waals surface area contributed by atoms with E-state index in [0.717, 1.165) is 0 Å². The molecule has 0 bridgehead atoms. The van der Waals surface area contributed by atoms with Gasteiger partial charge in [0, 0.05) is 6.20 Å². The van der Waals surface area contributed by atoms with Crippen LogP contribution in [0.5, 0.6) is 0 Å². The van der Waals surface area contributed by atoms with Gasteiger partial charge in [0.1, 0.15) is 28.9 Å². The summed E-state index contributed by atoms with van der Waals surface area (Å²) in [6, 6.07) is 5.41. The number of anilines is 1. The van der Waals surface area contributed by atoms with Gasteiger partial charge in [-0.25, -0.2) is 9.97 Å². The largest absolute Gasteiger partial charge is 0.382 e. The number of aromatic nitrogens is 3. The van der Waals surface area contributed by atoms with Crippen LogP contribution in [-0.4, -0.2) is 14.5 Å². The molecule has 0 saturated carbocycles. The maximum Gasteiger partial charge on any atom is 0.162 e. The highest BCUT2D eigenvalue weighted by atomic mass is 35.5. The Hall–Kier alpha value is -2.06. The monoisotopic (exact) mass is 219 g/mol. The Labute approximate surface area is 90.7 Å². The van der Waals surface area contributed by atoms with E-state index in [0.29, 0.717) is 11.5 Å². The van der Waals surface area contributed by atoms with Gasteiger partial charge in [0.05, 0.1) is 0 Å². The van der Waals surface area contributed by atoms with Gasteiger partial charge in [-0.15, -0.1) is 0 Å². The molecule has 2 aromatic rings. The lowest BCUT2D eigenvalue weighted by Gasteiger charge is -2.06. The van der Waals surface area contributed by atoms with Crippen LogP contribution in [0.25, 0.3) is 5.82 Å². The van der Waals surface area contributed by atoms with Gasteiger partial charge in [0.15, 0.2) is 5.82 Å². The molecule has 5 nitrogen and oxygen atoms in total. The third-order valence-corrected chi connectivity index (χ3v) is 2.25. The Morgan fingerprint density at radius 1 is 1.47 bits per heavy atom. The Morgan fingerprint density at radius 3 is 3.00 bits per heavy atom. The van der Waals surface area contributed by atoms with Crippen molar-refractivity contribution < 1.29 is 0 Å². The predicted octanol–water partition coefficient (Wildman–Crippen LogP) is 1.37. The van der Waals surface area contributed by atoms with E-state index in [1.165, 1.54) is 6.33 Å². The SMILES string of the molecule is N#Cc1cccn1-c1ncnc(N)c1Cl. The molecule has 0 atom stereocenters. The van der Waals surface area contributed by atoms with Gasteiger partial charge in [-0.1, -0.05) is 11.6 Å². The van der Waals surface area contributed by atoms with Crippen molar-refractivity contribution in [1.82, 2.24) is 14.5 Å². The van der Waals surface area contributed by atoms with Crippen LogP contribution in [0.1, 0.15) is 5.69 Å². The summed E-state index contributed by atoms with van der Waals surface area (Å²) in [6.07, 6.45) is 2.99. The minimum Gasteiger partial charge on any atom is -0.382 e. The molecule has 0 aromatic carbocycles. The lowest BCUT2D eigenvalue weighted by atomic mass is 10.4. The molecular formula is C9H6ClN5. The van der Waals surface area contributed by atoms with E-state index in [1.807, 2.05) is 6.07 Å². The van der Waals surface area contributed by atoms with Crippen LogP contribution in [0, 0.1) is 11.3 Å². The van der Waals surface area contributed by atoms with Crippen molar-refractivity contribution in [3.8, 4) is 11.9 Å². The number of nitrogens with two attached hydrogens (primary N) is 1. The van der Waals surface area contributed by atoms with E-state index in [9.17, 15) is 0 Å². The third kappa shape index (κ3) is 1.51. The van der Waals surface area contributed by atoms with Gasteiger partial charge < -0.3 is 5.73 Å². The zero-order chi connectivity index (χ0) is 10.8. The number of hydrogen-bond acceptors (Lipinski definition) is 4. The summed E-state index contributed by atoms with van der Waals surface area (Å²) in [5, 5.41) is 9.08. The number of nitrogens with zero attached hydrogens (tertiary/aromatic N) is 4. The molecule has 0 spiro atoms. The molecule has 0 amide bonds. The molecule has 0 aliphatic rings. The van der Waals surface area contributed by atoms with Gasteiger partial charge in [0.25, 0.3) is 0 Å². The van der Waals surface area contributed by atoms with Gasteiger partial charge in [-0.3, -0.25) is 4.57 Å². The van der Waals surface area contributed by atoms with E-state index in [-0.39, 0.29) is 10.8 Å². The molecule has 0 radical (unpaired) electrons. The van der Waals surface area contributed by atoms with Crippen LogP contribution in [0.4, 0.5) is 5.82 Å². The average Bonchev–Trinajstić information content (AvgIpc) is 2.70. The maximum absolute atomic E-state index is 8.84. The normalized spacial score (nSPS) is 9.87. The Kier molecular flexibility index (Phi) is 2.27. The molecule has 0 fully saturated rings. The van der Waals surface area contributed by atoms with Crippen molar-refractivity contribution in [3.63, 3.8) is 0 Å². The molecule has 0 saturated heterocycles. The van der Waals surface area contributed by atoms with Gasteiger partial charge in [-0.05, 0) is 12.1 Å². The van der Waals surface area contributed by atoms with Crippen molar-refractivity contribution in [1.29, 1.82) is 5.26 Å². The Balaban J connectivity index is 2.65. The highest BCUT2D eigenvalue weighted by molar-refractivity contribution is 6.34. The predicted molar refractivity (Wildman–Crippen MR) is 55.5 cm³/mol. The molecule has 15 heavy (non-hydrogen) atoms. The van der Waals surface area contributed by atoms with Crippen molar-refractivity contribution in [2.45, 2.75) is 0 Å². The highest BCUT2D eigenvalue weighted by Gasteiger charge is 2.10. The van der Waals surface area contributed by atoms with Gasteiger partial charge in [-0.2, -0.15) is 5.26 Å². The second kappa shape index (κ2) is 3.59. The number of rotatable bonds is 1. The second-order valence-corrected chi connectivity index (χ2v) is 3.15. The van der Waals surface area contributed by atoms with Crippen molar-refractivity contribution >= 4 is 17.4 Å². The molecule has 0 aliphatic heterocycles. The van der Waals surface area contributed by atoms with Gasteiger partial charge >= 0.3 is 0 Å². The topological polar surface area (TPSA) is 80.5 Å². The first-order chi connectivity index (χ1) is 7.24. The van der Waals surface area contributed by atoms with Crippen molar-refractivity contribution in [3.05, 3.63) is 35.4 Å².